The molecule has 0 atom stereocenters. The van der Waals surface area contributed by atoms with Crippen LogP contribution in [0.3, 0.4) is 0 Å². The lowest BCUT2D eigenvalue weighted by Gasteiger charge is -2.36. The zero-order valence-electron chi connectivity index (χ0n) is 14.8. The number of rotatable bonds is 5. The van der Waals surface area contributed by atoms with E-state index < -0.39 is 0 Å². The van der Waals surface area contributed by atoms with Crippen molar-refractivity contribution in [2.24, 2.45) is 4.99 Å². The first-order valence-corrected chi connectivity index (χ1v) is 8.66. The van der Waals surface area contributed by atoms with Crippen LogP contribution < -0.4 is 10.2 Å². The summed E-state index contributed by atoms with van der Waals surface area (Å²) in [5.74, 6) is 2.73. The Bertz CT molecular complexity index is 674. The van der Waals surface area contributed by atoms with Crippen molar-refractivity contribution in [3.8, 4) is 0 Å². The molecule has 1 saturated heterocycles. The molecule has 3 heterocycles. The van der Waals surface area contributed by atoms with Gasteiger partial charge in [0.25, 0.3) is 0 Å². The van der Waals surface area contributed by atoms with Crippen LogP contribution in [0.1, 0.15) is 12.7 Å². The summed E-state index contributed by atoms with van der Waals surface area (Å²) in [7, 11) is 1.82. The van der Waals surface area contributed by atoms with E-state index in [-0.39, 0.29) is 0 Å². The molecule has 9 nitrogen and oxygen atoms in total. The number of piperazine rings is 1. The van der Waals surface area contributed by atoms with Gasteiger partial charge in [-0.1, -0.05) is 6.92 Å². The average molecular weight is 343 g/mol. The molecule has 0 aliphatic carbocycles. The summed E-state index contributed by atoms with van der Waals surface area (Å²) >= 11 is 0. The second kappa shape index (κ2) is 8.41. The Balaban J connectivity index is 1.48. The van der Waals surface area contributed by atoms with Crippen LogP contribution in [0.5, 0.6) is 0 Å². The number of guanidine groups is 1. The molecule has 1 N–H and O–H groups in total. The molecule has 0 bridgehead atoms. The van der Waals surface area contributed by atoms with Gasteiger partial charge >= 0.3 is 0 Å². The Morgan fingerprint density at radius 3 is 2.64 bits per heavy atom. The van der Waals surface area contributed by atoms with Gasteiger partial charge in [-0.15, -0.1) is 10.2 Å². The highest BCUT2D eigenvalue weighted by molar-refractivity contribution is 5.80. The van der Waals surface area contributed by atoms with Crippen molar-refractivity contribution < 1.29 is 0 Å². The molecule has 0 spiro atoms. The van der Waals surface area contributed by atoms with E-state index in [9.17, 15) is 0 Å². The molecule has 0 amide bonds. The van der Waals surface area contributed by atoms with Crippen LogP contribution in [0.25, 0.3) is 0 Å². The first-order chi connectivity index (χ1) is 12.3. The number of aryl methyl sites for hydroxylation is 1. The minimum atomic E-state index is 0.791. The van der Waals surface area contributed by atoms with Crippen LogP contribution in [0, 0.1) is 0 Å². The highest BCUT2D eigenvalue weighted by atomic mass is 15.4. The summed E-state index contributed by atoms with van der Waals surface area (Å²) in [6.45, 7) is 7.26. The molecular weight excluding hydrogens is 318 g/mol. The van der Waals surface area contributed by atoms with Crippen molar-refractivity contribution in [2.45, 2.75) is 19.9 Å². The summed E-state index contributed by atoms with van der Waals surface area (Å²) in [5.41, 5.74) is 0. The predicted molar refractivity (Wildman–Crippen MR) is 96.6 cm³/mol. The third-order valence-corrected chi connectivity index (χ3v) is 4.27. The molecule has 1 fully saturated rings. The third-order valence-electron chi connectivity index (χ3n) is 4.27. The van der Waals surface area contributed by atoms with Gasteiger partial charge in [0, 0.05) is 65.1 Å². The lowest BCUT2D eigenvalue weighted by atomic mass is 10.3. The summed E-state index contributed by atoms with van der Waals surface area (Å²) in [4.78, 5) is 17.5. The number of anilines is 1. The number of hydrogen-bond acceptors (Lipinski definition) is 6. The van der Waals surface area contributed by atoms with Crippen molar-refractivity contribution in [3.05, 3.63) is 30.6 Å². The molecule has 1 aliphatic heterocycles. The Hall–Kier alpha value is -2.71. The Labute approximate surface area is 147 Å². The van der Waals surface area contributed by atoms with E-state index in [0.717, 1.165) is 63.4 Å². The number of nitrogens with zero attached hydrogens (tertiary/aromatic N) is 8. The van der Waals surface area contributed by atoms with E-state index in [1.54, 1.807) is 18.7 Å². The topological polar surface area (TPSA) is 87.4 Å². The lowest BCUT2D eigenvalue weighted by Crippen LogP contribution is -2.53. The monoisotopic (exact) mass is 343 g/mol. The number of aliphatic imine (C=N–C) groups is 1. The SMILES string of the molecule is CCc1nncn1CCNC(=NC)N1CCN(c2ncccn2)CC1. The first-order valence-electron chi connectivity index (χ1n) is 8.66. The molecule has 134 valence electrons. The summed E-state index contributed by atoms with van der Waals surface area (Å²) in [5, 5.41) is 11.5. The van der Waals surface area contributed by atoms with Gasteiger partial charge in [0.2, 0.25) is 5.95 Å². The van der Waals surface area contributed by atoms with E-state index >= 15 is 0 Å². The van der Waals surface area contributed by atoms with Crippen LogP contribution in [0.2, 0.25) is 0 Å². The molecule has 0 unspecified atom stereocenters. The van der Waals surface area contributed by atoms with Crippen LogP contribution in [0.15, 0.2) is 29.8 Å². The molecule has 3 rings (SSSR count). The van der Waals surface area contributed by atoms with Crippen molar-refractivity contribution >= 4 is 11.9 Å². The van der Waals surface area contributed by atoms with Gasteiger partial charge in [-0.25, -0.2) is 9.97 Å². The van der Waals surface area contributed by atoms with E-state index in [1.165, 1.54) is 0 Å². The second-order valence-electron chi connectivity index (χ2n) is 5.79. The second-order valence-corrected chi connectivity index (χ2v) is 5.79. The van der Waals surface area contributed by atoms with Gasteiger partial charge in [0.1, 0.15) is 12.2 Å². The molecular formula is C16H25N9. The minimum absolute atomic E-state index is 0.791. The highest BCUT2D eigenvalue weighted by Crippen LogP contribution is 2.09. The maximum atomic E-state index is 4.41. The van der Waals surface area contributed by atoms with Crippen molar-refractivity contribution in [3.63, 3.8) is 0 Å². The normalized spacial score (nSPS) is 15.5. The lowest BCUT2D eigenvalue weighted by molar-refractivity contribution is 0.369. The van der Waals surface area contributed by atoms with Crippen molar-refractivity contribution in [1.29, 1.82) is 0 Å². The summed E-state index contributed by atoms with van der Waals surface area (Å²) < 4.78 is 2.07. The molecule has 1 aliphatic rings. The van der Waals surface area contributed by atoms with Gasteiger partial charge in [-0.05, 0) is 6.07 Å². The van der Waals surface area contributed by atoms with E-state index in [1.807, 2.05) is 13.1 Å². The fourth-order valence-corrected chi connectivity index (χ4v) is 2.93. The quantitative estimate of drug-likeness (QED) is 0.605. The van der Waals surface area contributed by atoms with Crippen LogP contribution in [0.4, 0.5) is 5.95 Å². The number of hydrogen-bond donors (Lipinski definition) is 1. The molecule has 0 aromatic carbocycles. The van der Waals surface area contributed by atoms with E-state index in [0.29, 0.717) is 0 Å². The Kier molecular flexibility index (Phi) is 5.76. The smallest absolute Gasteiger partial charge is 0.225 e. The zero-order chi connectivity index (χ0) is 17.5. The van der Waals surface area contributed by atoms with Gasteiger partial charge in [0.15, 0.2) is 5.96 Å². The molecule has 0 radical (unpaired) electrons. The van der Waals surface area contributed by atoms with E-state index in [2.05, 4.69) is 51.8 Å². The minimum Gasteiger partial charge on any atom is -0.354 e. The largest absolute Gasteiger partial charge is 0.354 e. The van der Waals surface area contributed by atoms with Crippen LogP contribution >= 0.6 is 0 Å². The Morgan fingerprint density at radius 1 is 1.20 bits per heavy atom. The van der Waals surface area contributed by atoms with Gasteiger partial charge in [-0.3, -0.25) is 4.99 Å². The average Bonchev–Trinajstić information content (AvgIpc) is 3.14. The summed E-state index contributed by atoms with van der Waals surface area (Å²) in [6, 6.07) is 1.84. The van der Waals surface area contributed by atoms with Gasteiger partial charge in [0.05, 0.1) is 0 Å². The summed E-state index contributed by atoms with van der Waals surface area (Å²) in [6.07, 6.45) is 6.23. The maximum absolute atomic E-state index is 4.41. The predicted octanol–water partition coefficient (Wildman–Crippen LogP) is 0.0281. The van der Waals surface area contributed by atoms with Gasteiger partial charge in [-0.2, -0.15) is 0 Å². The first kappa shape index (κ1) is 17.1. The molecule has 2 aromatic rings. The highest BCUT2D eigenvalue weighted by Gasteiger charge is 2.20. The van der Waals surface area contributed by atoms with Crippen molar-refractivity contribution in [2.75, 3.05) is 44.7 Å². The standard InChI is InChI=1S/C16H25N9/c1-3-14-22-21-13-25(14)8-7-20-15(17-2)23-9-11-24(12-10-23)16-18-5-4-6-19-16/h4-6,13H,3,7-12H2,1-2H3,(H,17,20). The van der Waals surface area contributed by atoms with Crippen molar-refractivity contribution in [1.82, 2.24) is 34.9 Å². The molecule has 0 saturated carbocycles. The fourth-order valence-electron chi connectivity index (χ4n) is 2.93. The zero-order valence-corrected chi connectivity index (χ0v) is 14.8. The molecule has 2 aromatic heterocycles. The number of nitrogens with one attached hydrogen (secondary N) is 1. The van der Waals surface area contributed by atoms with E-state index in [4.69, 9.17) is 0 Å². The Morgan fingerprint density at radius 2 is 1.96 bits per heavy atom. The van der Waals surface area contributed by atoms with Crippen LogP contribution in [-0.4, -0.2) is 75.4 Å². The van der Waals surface area contributed by atoms with Crippen LogP contribution in [-0.2, 0) is 13.0 Å². The number of aromatic nitrogens is 5. The fraction of sp³-hybridized carbons (Fsp3) is 0.562. The molecule has 9 heteroatoms. The van der Waals surface area contributed by atoms with Gasteiger partial charge < -0.3 is 19.7 Å². The third kappa shape index (κ3) is 4.23. The molecule has 25 heavy (non-hydrogen) atoms. The maximum Gasteiger partial charge on any atom is 0.225 e.